The maximum Gasteiger partial charge on any atom is 0.151 e. The minimum Gasteiger partial charge on any atom is -0.229 e. The van der Waals surface area contributed by atoms with Crippen LogP contribution in [0.1, 0.15) is 11.1 Å². The Morgan fingerprint density at radius 3 is 2.46 bits per heavy atom. The second-order valence-electron chi connectivity index (χ2n) is 3.15. The molecule has 2 nitrogen and oxygen atoms in total. The quantitative estimate of drug-likeness (QED) is 0.784. The molecule has 13 heavy (non-hydrogen) atoms. The van der Waals surface area contributed by atoms with Gasteiger partial charge in [-0.15, -0.1) is 0 Å². The Labute approximate surface area is 92.4 Å². The van der Waals surface area contributed by atoms with E-state index in [1.54, 1.807) is 0 Å². The van der Waals surface area contributed by atoms with E-state index in [0.717, 1.165) is 14.7 Å². The van der Waals surface area contributed by atoms with Crippen LogP contribution >= 0.6 is 22.6 Å². The van der Waals surface area contributed by atoms with Crippen molar-refractivity contribution in [3.63, 3.8) is 0 Å². The lowest BCUT2D eigenvalue weighted by Crippen LogP contribution is -2.01. The monoisotopic (exact) mass is 310 g/mol. The minimum atomic E-state index is -2.91. The number of aryl methyl sites for hydroxylation is 1. The molecule has 0 radical (unpaired) electrons. The smallest absolute Gasteiger partial charge is 0.151 e. The Balaban J connectivity index is 2.99. The molecule has 0 amide bonds. The Kier molecular flexibility index (Phi) is 3.34. The first-order valence-corrected chi connectivity index (χ1v) is 6.95. The number of hydrogen-bond donors (Lipinski definition) is 0. The normalized spacial score (nSPS) is 11.6. The summed E-state index contributed by atoms with van der Waals surface area (Å²) in [6.45, 7) is 1.98. The van der Waals surface area contributed by atoms with Crippen LogP contribution in [0.5, 0.6) is 0 Å². The fourth-order valence-electron chi connectivity index (χ4n) is 1.10. The summed E-state index contributed by atoms with van der Waals surface area (Å²) < 4.78 is 23.2. The minimum absolute atomic E-state index is 0.130. The molecule has 1 aromatic carbocycles. The van der Waals surface area contributed by atoms with E-state index in [4.69, 9.17) is 0 Å². The second-order valence-corrected chi connectivity index (χ2v) is 6.46. The van der Waals surface area contributed by atoms with Crippen LogP contribution in [0.2, 0.25) is 0 Å². The summed E-state index contributed by atoms with van der Waals surface area (Å²) in [5, 5.41) is 0. The molecule has 0 unspecified atom stereocenters. The van der Waals surface area contributed by atoms with Crippen molar-refractivity contribution in [2.24, 2.45) is 0 Å². The SMILES string of the molecule is Cc1cc(CS(C)(=O)=O)ccc1I. The predicted octanol–water partition coefficient (Wildman–Crippen LogP) is 2.14. The van der Waals surface area contributed by atoms with E-state index in [-0.39, 0.29) is 5.75 Å². The first kappa shape index (κ1) is 11.0. The molecule has 0 saturated carbocycles. The predicted molar refractivity (Wildman–Crippen MR) is 62.4 cm³/mol. The molecule has 0 aliphatic heterocycles. The van der Waals surface area contributed by atoms with Gasteiger partial charge in [0.05, 0.1) is 5.75 Å². The van der Waals surface area contributed by atoms with Crippen molar-refractivity contribution in [2.45, 2.75) is 12.7 Å². The van der Waals surface area contributed by atoms with Crippen LogP contribution in [0.3, 0.4) is 0 Å². The van der Waals surface area contributed by atoms with Gasteiger partial charge in [0.25, 0.3) is 0 Å². The van der Waals surface area contributed by atoms with Gasteiger partial charge in [-0.3, -0.25) is 0 Å². The number of sulfone groups is 1. The summed E-state index contributed by atoms with van der Waals surface area (Å²) >= 11 is 2.23. The Bertz CT molecular complexity index is 410. The van der Waals surface area contributed by atoms with Gasteiger partial charge in [-0.25, -0.2) is 8.42 Å². The van der Waals surface area contributed by atoms with Crippen LogP contribution in [0.25, 0.3) is 0 Å². The average molecular weight is 310 g/mol. The third-order valence-corrected chi connectivity index (χ3v) is 3.72. The van der Waals surface area contributed by atoms with Crippen molar-refractivity contribution in [3.05, 3.63) is 32.9 Å². The molecule has 72 valence electrons. The molecule has 0 aromatic heterocycles. The van der Waals surface area contributed by atoms with Gasteiger partial charge in [0, 0.05) is 9.83 Å². The van der Waals surface area contributed by atoms with E-state index >= 15 is 0 Å². The largest absolute Gasteiger partial charge is 0.229 e. The molecule has 0 atom stereocenters. The van der Waals surface area contributed by atoms with E-state index in [1.165, 1.54) is 6.26 Å². The van der Waals surface area contributed by atoms with Gasteiger partial charge in [0.15, 0.2) is 9.84 Å². The lowest BCUT2D eigenvalue weighted by Gasteiger charge is -2.02. The lowest BCUT2D eigenvalue weighted by molar-refractivity contribution is 0.601. The van der Waals surface area contributed by atoms with E-state index in [0.29, 0.717) is 0 Å². The van der Waals surface area contributed by atoms with Crippen LogP contribution in [-0.4, -0.2) is 14.7 Å². The third kappa shape index (κ3) is 3.64. The topological polar surface area (TPSA) is 34.1 Å². The molecule has 1 aromatic rings. The van der Waals surface area contributed by atoms with Gasteiger partial charge < -0.3 is 0 Å². The molecule has 0 spiro atoms. The highest BCUT2D eigenvalue weighted by molar-refractivity contribution is 14.1. The molecule has 0 fully saturated rings. The molecule has 1 rings (SSSR count). The Hall–Kier alpha value is -0.100. The molecule has 0 bridgehead atoms. The highest BCUT2D eigenvalue weighted by atomic mass is 127. The van der Waals surface area contributed by atoms with E-state index in [9.17, 15) is 8.42 Å². The Morgan fingerprint density at radius 2 is 2.00 bits per heavy atom. The fourth-order valence-corrected chi connectivity index (χ4v) is 2.22. The lowest BCUT2D eigenvalue weighted by atomic mass is 10.2. The number of benzene rings is 1. The van der Waals surface area contributed by atoms with Gasteiger partial charge in [-0.05, 0) is 46.7 Å². The van der Waals surface area contributed by atoms with Crippen LogP contribution in [-0.2, 0) is 15.6 Å². The van der Waals surface area contributed by atoms with E-state index in [2.05, 4.69) is 22.6 Å². The zero-order valence-corrected chi connectivity index (χ0v) is 10.5. The van der Waals surface area contributed by atoms with Crippen molar-refractivity contribution < 1.29 is 8.42 Å². The van der Waals surface area contributed by atoms with Crippen LogP contribution in [0.4, 0.5) is 0 Å². The van der Waals surface area contributed by atoms with Gasteiger partial charge in [-0.2, -0.15) is 0 Å². The highest BCUT2D eigenvalue weighted by Gasteiger charge is 2.05. The first-order chi connectivity index (χ1) is 5.88. The van der Waals surface area contributed by atoms with Crippen molar-refractivity contribution in [2.75, 3.05) is 6.26 Å². The van der Waals surface area contributed by atoms with Crippen molar-refractivity contribution in [1.29, 1.82) is 0 Å². The van der Waals surface area contributed by atoms with E-state index in [1.807, 2.05) is 25.1 Å². The summed E-state index contributed by atoms with van der Waals surface area (Å²) in [7, 11) is -2.91. The maximum atomic E-state index is 11.0. The summed E-state index contributed by atoms with van der Waals surface area (Å²) in [6.07, 6.45) is 1.25. The molecular formula is C9H11IO2S. The molecule has 0 N–H and O–H groups in total. The Morgan fingerprint density at radius 1 is 1.38 bits per heavy atom. The summed E-state index contributed by atoms with van der Waals surface area (Å²) in [6, 6.07) is 5.72. The molecule has 0 heterocycles. The summed E-state index contributed by atoms with van der Waals surface area (Å²) in [5.41, 5.74) is 1.99. The number of halogens is 1. The zero-order valence-electron chi connectivity index (χ0n) is 7.54. The van der Waals surface area contributed by atoms with Crippen molar-refractivity contribution in [3.8, 4) is 0 Å². The maximum absolute atomic E-state index is 11.0. The third-order valence-electron chi connectivity index (χ3n) is 1.65. The fraction of sp³-hybridized carbons (Fsp3) is 0.333. The standard InChI is InChI=1S/C9H11IO2S/c1-7-5-8(3-4-9(7)10)6-13(2,11)12/h3-5H,6H2,1-2H3. The molecular weight excluding hydrogens is 299 g/mol. The zero-order chi connectivity index (χ0) is 10.1. The van der Waals surface area contributed by atoms with Gasteiger partial charge in [0.2, 0.25) is 0 Å². The highest BCUT2D eigenvalue weighted by Crippen LogP contribution is 2.14. The number of hydrogen-bond acceptors (Lipinski definition) is 2. The molecule has 0 saturated heterocycles. The summed E-state index contributed by atoms with van der Waals surface area (Å²) in [5.74, 6) is 0.130. The first-order valence-electron chi connectivity index (χ1n) is 3.81. The van der Waals surface area contributed by atoms with Crippen molar-refractivity contribution >= 4 is 32.4 Å². The van der Waals surface area contributed by atoms with Crippen LogP contribution in [0, 0.1) is 10.5 Å². The van der Waals surface area contributed by atoms with Crippen LogP contribution in [0.15, 0.2) is 18.2 Å². The number of rotatable bonds is 2. The summed E-state index contributed by atoms with van der Waals surface area (Å²) in [4.78, 5) is 0. The van der Waals surface area contributed by atoms with Gasteiger partial charge in [0.1, 0.15) is 0 Å². The second kappa shape index (κ2) is 3.96. The van der Waals surface area contributed by atoms with Crippen molar-refractivity contribution in [1.82, 2.24) is 0 Å². The molecule has 4 heteroatoms. The van der Waals surface area contributed by atoms with Gasteiger partial charge >= 0.3 is 0 Å². The van der Waals surface area contributed by atoms with E-state index < -0.39 is 9.84 Å². The van der Waals surface area contributed by atoms with Gasteiger partial charge in [-0.1, -0.05) is 12.1 Å². The molecule has 0 aliphatic carbocycles. The molecule has 0 aliphatic rings. The average Bonchev–Trinajstić information content (AvgIpc) is 1.94. The van der Waals surface area contributed by atoms with Crippen LogP contribution < -0.4 is 0 Å².